The number of rotatable bonds is 8. The fourth-order valence-electron chi connectivity index (χ4n) is 1.56. The van der Waals surface area contributed by atoms with E-state index >= 15 is 0 Å². The molecule has 0 aliphatic rings. The first-order valence-electron chi connectivity index (χ1n) is 7.55. The van der Waals surface area contributed by atoms with Crippen molar-refractivity contribution in [3.8, 4) is 0 Å². The van der Waals surface area contributed by atoms with Crippen molar-refractivity contribution in [2.75, 3.05) is 33.7 Å². The van der Waals surface area contributed by atoms with Crippen LogP contribution >= 0.6 is 24.0 Å². The Morgan fingerprint density at radius 2 is 2.09 bits per heavy atom. The second kappa shape index (κ2) is 12.1. The van der Waals surface area contributed by atoms with E-state index in [0.29, 0.717) is 11.9 Å². The Balaban J connectivity index is 0.00000484. The number of hydrogen-bond acceptors (Lipinski definition) is 4. The highest BCUT2D eigenvalue weighted by atomic mass is 127. The van der Waals surface area contributed by atoms with E-state index in [-0.39, 0.29) is 36.4 Å². The van der Waals surface area contributed by atoms with Gasteiger partial charge in [0, 0.05) is 39.9 Å². The molecule has 1 aromatic rings. The van der Waals surface area contributed by atoms with E-state index in [1.54, 1.807) is 25.0 Å². The summed E-state index contributed by atoms with van der Waals surface area (Å²) in [7, 11) is 3.45. The molecule has 0 unspecified atom stereocenters. The fourth-order valence-corrected chi connectivity index (χ4v) is 1.56. The Kier molecular flexibility index (Phi) is 11.4. The average molecular weight is 437 g/mol. The van der Waals surface area contributed by atoms with Gasteiger partial charge in [-0.25, -0.2) is 4.99 Å². The second-order valence-corrected chi connectivity index (χ2v) is 5.67. The van der Waals surface area contributed by atoms with Gasteiger partial charge < -0.3 is 15.5 Å². The molecule has 0 saturated heterocycles. The largest absolute Gasteiger partial charge is 0.356 e. The Hall–Kier alpha value is -1.39. The van der Waals surface area contributed by atoms with Crippen molar-refractivity contribution < 1.29 is 4.79 Å². The quantitative estimate of drug-likeness (QED) is 0.269. The smallest absolute Gasteiger partial charge is 0.243 e. The minimum atomic E-state index is -0.0201. The van der Waals surface area contributed by atoms with Gasteiger partial charge >= 0.3 is 0 Å². The topological polar surface area (TPSA) is 87.4 Å². The number of carbonyl (C=O) groups excluding carboxylic acids is 1. The van der Waals surface area contributed by atoms with Gasteiger partial charge in [0.05, 0.1) is 6.20 Å². The molecule has 0 radical (unpaired) electrons. The first-order valence-corrected chi connectivity index (χ1v) is 7.55. The molecule has 0 aromatic carbocycles. The van der Waals surface area contributed by atoms with Crippen LogP contribution in [0.3, 0.4) is 0 Å². The lowest BCUT2D eigenvalue weighted by Gasteiger charge is -2.15. The van der Waals surface area contributed by atoms with E-state index in [0.717, 1.165) is 26.1 Å². The monoisotopic (exact) mass is 437 g/mol. The summed E-state index contributed by atoms with van der Waals surface area (Å²) in [5.41, 5.74) is 0. The van der Waals surface area contributed by atoms with Crippen LogP contribution in [-0.4, -0.2) is 65.5 Å². The molecule has 1 heterocycles. The number of aryl methyl sites for hydroxylation is 1. The zero-order chi connectivity index (χ0) is 16.4. The number of likely N-dealkylation sites (N-methyl/N-ethyl adjacent to an activating group) is 1. The third-order valence-corrected chi connectivity index (χ3v) is 2.88. The van der Waals surface area contributed by atoms with E-state index in [1.807, 2.05) is 6.20 Å². The summed E-state index contributed by atoms with van der Waals surface area (Å²) in [5.74, 6) is 1.16. The highest BCUT2D eigenvalue weighted by Gasteiger charge is 2.05. The van der Waals surface area contributed by atoms with Crippen LogP contribution in [0.5, 0.6) is 0 Å². The predicted molar refractivity (Wildman–Crippen MR) is 102 cm³/mol. The van der Waals surface area contributed by atoms with Gasteiger partial charge in [-0.1, -0.05) is 19.1 Å². The third kappa shape index (κ3) is 10.1. The molecule has 1 aromatic heterocycles. The van der Waals surface area contributed by atoms with Crippen molar-refractivity contribution in [1.29, 1.82) is 0 Å². The maximum absolute atomic E-state index is 11.6. The SMILES string of the molecule is CC(C)CNC(=NCC(=O)N(C)C)NCCCn1ccnn1.I. The van der Waals surface area contributed by atoms with Crippen molar-refractivity contribution in [2.45, 2.75) is 26.8 Å². The number of nitrogens with zero attached hydrogens (tertiary/aromatic N) is 5. The van der Waals surface area contributed by atoms with E-state index in [2.05, 4.69) is 39.8 Å². The first-order chi connectivity index (χ1) is 10.5. The lowest BCUT2D eigenvalue weighted by atomic mass is 10.2. The van der Waals surface area contributed by atoms with Gasteiger partial charge in [0.2, 0.25) is 5.91 Å². The van der Waals surface area contributed by atoms with Gasteiger partial charge in [0.25, 0.3) is 0 Å². The van der Waals surface area contributed by atoms with Crippen LogP contribution in [-0.2, 0) is 11.3 Å². The minimum absolute atomic E-state index is 0. The maximum atomic E-state index is 11.6. The molecule has 9 heteroatoms. The normalized spacial score (nSPS) is 11.1. The molecule has 0 aliphatic carbocycles. The molecule has 132 valence electrons. The average Bonchev–Trinajstić information content (AvgIpc) is 2.97. The van der Waals surface area contributed by atoms with E-state index < -0.39 is 0 Å². The van der Waals surface area contributed by atoms with Gasteiger partial charge in [-0.15, -0.1) is 29.1 Å². The Labute approximate surface area is 155 Å². The van der Waals surface area contributed by atoms with E-state index in [1.165, 1.54) is 4.90 Å². The highest BCUT2D eigenvalue weighted by Crippen LogP contribution is 1.89. The lowest BCUT2D eigenvalue weighted by Crippen LogP contribution is -2.40. The number of aliphatic imine (C=N–C) groups is 1. The Morgan fingerprint density at radius 3 is 2.65 bits per heavy atom. The second-order valence-electron chi connectivity index (χ2n) is 5.67. The van der Waals surface area contributed by atoms with Crippen LogP contribution < -0.4 is 10.6 Å². The predicted octanol–water partition coefficient (Wildman–Crippen LogP) is 0.566. The third-order valence-electron chi connectivity index (χ3n) is 2.88. The van der Waals surface area contributed by atoms with Crippen molar-refractivity contribution in [1.82, 2.24) is 30.5 Å². The number of halogens is 1. The molecule has 0 bridgehead atoms. The molecular formula is C14H28IN7O. The van der Waals surface area contributed by atoms with Crippen molar-refractivity contribution in [3.63, 3.8) is 0 Å². The fraction of sp³-hybridized carbons (Fsp3) is 0.714. The number of hydrogen-bond donors (Lipinski definition) is 2. The first kappa shape index (κ1) is 21.6. The van der Waals surface area contributed by atoms with Crippen LogP contribution in [0.1, 0.15) is 20.3 Å². The molecule has 0 fully saturated rings. The molecule has 8 nitrogen and oxygen atoms in total. The van der Waals surface area contributed by atoms with Crippen LogP contribution in [0.25, 0.3) is 0 Å². The number of aromatic nitrogens is 3. The van der Waals surface area contributed by atoms with Crippen molar-refractivity contribution >= 4 is 35.8 Å². The zero-order valence-electron chi connectivity index (χ0n) is 14.3. The van der Waals surface area contributed by atoms with Crippen molar-refractivity contribution in [3.05, 3.63) is 12.4 Å². The summed E-state index contributed by atoms with van der Waals surface area (Å²) < 4.78 is 1.79. The number of amides is 1. The van der Waals surface area contributed by atoms with E-state index in [4.69, 9.17) is 0 Å². The molecule has 1 amide bonds. The number of guanidine groups is 1. The summed E-state index contributed by atoms with van der Waals surface area (Å²) in [6.45, 7) is 6.75. The molecule has 2 N–H and O–H groups in total. The molecule has 0 spiro atoms. The lowest BCUT2D eigenvalue weighted by molar-refractivity contribution is -0.127. The van der Waals surface area contributed by atoms with Crippen LogP contribution in [0, 0.1) is 5.92 Å². The number of carbonyl (C=O) groups is 1. The summed E-state index contributed by atoms with van der Waals surface area (Å²) in [5, 5.41) is 14.2. The van der Waals surface area contributed by atoms with Gasteiger partial charge in [-0.3, -0.25) is 9.48 Å². The Bertz CT molecular complexity index is 460. The zero-order valence-corrected chi connectivity index (χ0v) is 16.7. The summed E-state index contributed by atoms with van der Waals surface area (Å²) in [6.07, 6.45) is 4.40. The maximum Gasteiger partial charge on any atom is 0.243 e. The molecule has 23 heavy (non-hydrogen) atoms. The van der Waals surface area contributed by atoms with Gasteiger partial charge in [0.1, 0.15) is 6.54 Å². The minimum Gasteiger partial charge on any atom is -0.356 e. The molecule has 0 aliphatic heterocycles. The molecule has 1 rings (SSSR count). The van der Waals surface area contributed by atoms with Crippen molar-refractivity contribution in [2.24, 2.45) is 10.9 Å². The van der Waals surface area contributed by atoms with Crippen LogP contribution in [0.2, 0.25) is 0 Å². The van der Waals surface area contributed by atoms with Gasteiger partial charge in [-0.05, 0) is 12.3 Å². The van der Waals surface area contributed by atoms with Gasteiger partial charge in [-0.2, -0.15) is 0 Å². The van der Waals surface area contributed by atoms with Gasteiger partial charge in [0.15, 0.2) is 5.96 Å². The Morgan fingerprint density at radius 1 is 1.35 bits per heavy atom. The molecule has 0 saturated carbocycles. The van der Waals surface area contributed by atoms with E-state index in [9.17, 15) is 4.79 Å². The van der Waals surface area contributed by atoms with Crippen LogP contribution in [0.15, 0.2) is 17.4 Å². The summed E-state index contributed by atoms with van der Waals surface area (Å²) >= 11 is 0. The van der Waals surface area contributed by atoms with Crippen LogP contribution in [0.4, 0.5) is 0 Å². The standard InChI is InChI=1S/C14H27N7O.HI/c1-12(2)10-16-14(17-11-13(22)20(3)4)15-6-5-8-21-9-7-18-19-21;/h7,9,12H,5-6,8,10-11H2,1-4H3,(H2,15,16,17);1H. The molecule has 0 atom stereocenters. The highest BCUT2D eigenvalue weighted by molar-refractivity contribution is 14.0. The number of nitrogens with one attached hydrogen (secondary N) is 2. The summed E-state index contributed by atoms with van der Waals surface area (Å²) in [4.78, 5) is 17.5. The summed E-state index contributed by atoms with van der Waals surface area (Å²) in [6, 6.07) is 0. The molecular weight excluding hydrogens is 409 g/mol.